The minimum atomic E-state index is -0.683. The largest absolute Gasteiger partial charge is 0.481 e. The van der Waals surface area contributed by atoms with Gasteiger partial charge in [0.2, 0.25) is 0 Å². The summed E-state index contributed by atoms with van der Waals surface area (Å²) in [6, 6.07) is 0. The first-order valence-electron chi connectivity index (χ1n) is 7.70. The molecule has 1 N–H and O–H groups in total. The van der Waals surface area contributed by atoms with E-state index in [-0.39, 0.29) is 0 Å². The molecule has 0 rings (SSSR count). The highest BCUT2D eigenvalue weighted by Crippen LogP contribution is 2.07. The number of unbranched alkanes of at least 4 members (excludes halogenated alkanes) is 5. The Labute approximate surface area is 123 Å². The van der Waals surface area contributed by atoms with Gasteiger partial charge in [-0.25, -0.2) is 0 Å². The van der Waals surface area contributed by atoms with Crippen LogP contribution in [0, 0.1) is 0 Å². The van der Waals surface area contributed by atoms with Gasteiger partial charge < -0.3 is 5.11 Å². The smallest absolute Gasteiger partial charge is 0.303 e. The number of hydrogen-bond acceptors (Lipinski definition) is 1. The number of aliphatic carboxylic acids is 1. The Morgan fingerprint density at radius 3 is 2.45 bits per heavy atom. The molecule has 0 aromatic rings. The van der Waals surface area contributed by atoms with Gasteiger partial charge in [0.1, 0.15) is 0 Å². The van der Waals surface area contributed by atoms with E-state index in [4.69, 9.17) is 5.11 Å². The van der Waals surface area contributed by atoms with E-state index < -0.39 is 5.97 Å². The summed E-state index contributed by atoms with van der Waals surface area (Å²) >= 11 is 0. The lowest BCUT2D eigenvalue weighted by Gasteiger charge is -1.97. The summed E-state index contributed by atoms with van der Waals surface area (Å²) in [5.74, 6) is -0.683. The van der Waals surface area contributed by atoms with E-state index in [9.17, 15) is 4.79 Å². The number of carboxylic acid groups (broad SMARTS) is 1. The molecular weight excluding hydrogens is 248 g/mol. The maximum absolute atomic E-state index is 10.3. The number of rotatable bonds is 12. The normalized spacial score (nSPS) is 10.8. The third kappa shape index (κ3) is 16.5. The minimum Gasteiger partial charge on any atom is -0.481 e. The molecule has 0 aromatic carbocycles. The lowest BCUT2D eigenvalue weighted by molar-refractivity contribution is -0.137. The van der Waals surface area contributed by atoms with Crippen LogP contribution in [-0.2, 0) is 4.79 Å². The van der Waals surface area contributed by atoms with Gasteiger partial charge in [-0.15, -0.1) is 5.73 Å². The van der Waals surface area contributed by atoms with Crippen molar-refractivity contribution in [2.45, 2.75) is 64.7 Å². The summed E-state index contributed by atoms with van der Waals surface area (Å²) in [4.78, 5) is 10.3. The third-order valence-electron chi connectivity index (χ3n) is 2.85. The Hall–Kier alpha value is -1.53. The van der Waals surface area contributed by atoms with Crippen LogP contribution in [-0.4, -0.2) is 11.1 Å². The Morgan fingerprint density at radius 2 is 1.70 bits per heavy atom. The molecule has 0 spiro atoms. The molecule has 0 atom stereocenters. The second-order valence-electron chi connectivity index (χ2n) is 4.78. The van der Waals surface area contributed by atoms with Gasteiger partial charge in [0.25, 0.3) is 0 Å². The molecule has 112 valence electrons. The predicted molar refractivity (Wildman–Crippen MR) is 85.8 cm³/mol. The van der Waals surface area contributed by atoms with Gasteiger partial charge in [-0.1, -0.05) is 50.5 Å². The SMILES string of the molecule is CC/C=C/C=C/CC=C=CCCCCCCCC(=O)O. The Morgan fingerprint density at radius 1 is 1.00 bits per heavy atom. The van der Waals surface area contributed by atoms with Crippen molar-refractivity contribution >= 4 is 5.97 Å². The zero-order valence-corrected chi connectivity index (χ0v) is 12.7. The molecule has 0 saturated heterocycles. The molecule has 0 aliphatic rings. The number of allylic oxidation sites excluding steroid dienone is 5. The molecule has 2 heteroatoms. The van der Waals surface area contributed by atoms with Crippen LogP contribution < -0.4 is 0 Å². The fourth-order valence-corrected chi connectivity index (χ4v) is 1.73. The highest BCUT2D eigenvalue weighted by molar-refractivity contribution is 5.66. The first kappa shape index (κ1) is 18.5. The molecule has 0 aliphatic carbocycles. The Kier molecular flexibility index (Phi) is 14.3. The second kappa shape index (κ2) is 15.5. The van der Waals surface area contributed by atoms with Gasteiger partial charge in [-0.05, 0) is 44.3 Å². The molecule has 0 radical (unpaired) electrons. The number of carboxylic acids is 1. The van der Waals surface area contributed by atoms with Crippen LogP contribution in [0.4, 0.5) is 0 Å². The summed E-state index contributed by atoms with van der Waals surface area (Å²) < 4.78 is 0. The maximum Gasteiger partial charge on any atom is 0.303 e. The van der Waals surface area contributed by atoms with Crippen molar-refractivity contribution < 1.29 is 9.90 Å². The average molecular weight is 276 g/mol. The summed E-state index contributed by atoms with van der Waals surface area (Å²) in [6.07, 6.45) is 21.2. The summed E-state index contributed by atoms with van der Waals surface area (Å²) in [5.41, 5.74) is 3.19. The fourth-order valence-electron chi connectivity index (χ4n) is 1.73. The van der Waals surface area contributed by atoms with E-state index >= 15 is 0 Å². The van der Waals surface area contributed by atoms with Gasteiger partial charge in [0.05, 0.1) is 0 Å². The monoisotopic (exact) mass is 276 g/mol. The van der Waals surface area contributed by atoms with Crippen LogP contribution in [0.25, 0.3) is 0 Å². The van der Waals surface area contributed by atoms with Crippen LogP contribution >= 0.6 is 0 Å². The average Bonchev–Trinajstić information content (AvgIpc) is 2.43. The van der Waals surface area contributed by atoms with E-state index in [0.29, 0.717) is 6.42 Å². The zero-order valence-electron chi connectivity index (χ0n) is 12.7. The molecule has 0 amide bonds. The lowest BCUT2D eigenvalue weighted by atomic mass is 10.1. The summed E-state index contributed by atoms with van der Waals surface area (Å²) in [5, 5.41) is 8.49. The molecule has 0 saturated carbocycles. The summed E-state index contributed by atoms with van der Waals surface area (Å²) in [6.45, 7) is 2.12. The molecule has 2 nitrogen and oxygen atoms in total. The first-order valence-corrected chi connectivity index (χ1v) is 7.70. The van der Waals surface area contributed by atoms with Crippen LogP contribution in [0.2, 0.25) is 0 Å². The van der Waals surface area contributed by atoms with E-state index in [1.807, 2.05) is 6.08 Å². The van der Waals surface area contributed by atoms with Crippen LogP contribution in [0.15, 0.2) is 42.2 Å². The Bertz CT molecular complexity index is 344. The highest BCUT2D eigenvalue weighted by Gasteiger charge is 1.95. The van der Waals surface area contributed by atoms with Gasteiger partial charge in [0.15, 0.2) is 0 Å². The van der Waals surface area contributed by atoms with E-state index in [2.05, 4.69) is 43.0 Å². The van der Waals surface area contributed by atoms with E-state index in [1.165, 1.54) is 12.8 Å². The maximum atomic E-state index is 10.3. The van der Waals surface area contributed by atoms with Gasteiger partial charge >= 0.3 is 5.97 Å². The molecule has 0 aromatic heterocycles. The van der Waals surface area contributed by atoms with Crippen LogP contribution in [0.3, 0.4) is 0 Å². The highest BCUT2D eigenvalue weighted by atomic mass is 16.4. The first-order chi connectivity index (χ1) is 9.77. The van der Waals surface area contributed by atoms with Crippen molar-refractivity contribution in [3.8, 4) is 0 Å². The van der Waals surface area contributed by atoms with E-state index in [1.54, 1.807) is 0 Å². The van der Waals surface area contributed by atoms with E-state index in [0.717, 1.165) is 38.5 Å². The molecule has 0 heterocycles. The zero-order chi connectivity index (χ0) is 14.9. The Balaban J connectivity index is 3.36. The lowest BCUT2D eigenvalue weighted by Crippen LogP contribution is -1.93. The quantitative estimate of drug-likeness (QED) is 0.293. The van der Waals surface area contributed by atoms with Gasteiger partial charge in [-0.2, -0.15) is 0 Å². The number of hydrogen-bond donors (Lipinski definition) is 1. The number of carbonyl (C=O) groups is 1. The fraction of sp³-hybridized carbons (Fsp3) is 0.556. The van der Waals surface area contributed by atoms with Crippen LogP contribution in [0.1, 0.15) is 64.7 Å². The third-order valence-corrected chi connectivity index (χ3v) is 2.85. The van der Waals surface area contributed by atoms with Crippen molar-refractivity contribution in [1.82, 2.24) is 0 Å². The van der Waals surface area contributed by atoms with Crippen LogP contribution in [0.5, 0.6) is 0 Å². The molecule has 20 heavy (non-hydrogen) atoms. The van der Waals surface area contributed by atoms with Crippen molar-refractivity contribution in [3.63, 3.8) is 0 Å². The van der Waals surface area contributed by atoms with Crippen molar-refractivity contribution in [2.75, 3.05) is 0 Å². The molecule has 0 aliphatic heterocycles. The van der Waals surface area contributed by atoms with Gasteiger partial charge in [0, 0.05) is 6.42 Å². The molecule has 0 fully saturated rings. The van der Waals surface area contributed by atoms with Crippen molar-refractivity contribution in [3.05, 3.63) is 42.2 Å². The standard InChI is InChI=1S/C18H28O2/c1-2-3-4-5-6-7-8-9-10-11-12-13-14-15-16-17-18(19)20/h3-6,8,10H,2,7,11-17H2,1H3,(H,19,20)/b4-3+,6-5+. The minimum absolute atomic E-state index is 0.309. The summed E-state index contributed by atoms with van der Waals surface area (Å²) in [7, 11) is 0. The predicted octanol–water partition coefficient (Wildman–Crippen LogP) is 5.43. The second-order valence-corrected chi connectivity index (χ2v) is 4.78. The molecule has 0 bridgehead atoms. The van der Waals surface area contributed by atoms with Gasteiger partial charge in [-0.3, -0.25) is 4.79 Å². The molecule has 0 unspecified atom stereocenters. The van der Waals surface area contributed by atoms with Crippen molar-refractivity contribution in [1.29, 1.82) is 0 Å². The topological polar surface area (TPSA) is 37.3 Å². The molecular formula is C18H28O2. The van der Waals surface area contributed by atoms with Crippen molar-refractivity contribution in [2.24, 2.45) is 0 Å².